The number of carbonyl (C=O) groups excluding carboxylic acids is 1. The van der Waals surface area contributed by atoms with Crippen molar-refractivity contribution in [2.24, 2.45) is 5.16 Å². The van der Waals surface area contributed by atoms with Crippen LogP contribution in [-0.4, -0.2) is 11.7 Å². The van der Waals surface area contributed by atoms with Gasteiger partial charge in [0.1, 0.15) is 0 Å². The Morgan fingerprint density at radius 1 is 0.833 bits per heavy atom. The average Bonchev–Trinajstić information content (AvgIpc) is 2.80. The second-order valence-electron chi connectivity index (χ2n) is 7.21. The minimum atomic E-state index is -0.559. The Balaban J connectivity index is 1.55. The molecule has 0 heterocycles. The van der Waals surface area contributed by atoms with Gasteiger partial charge in [-0.1, -0.05) is 59.8 Å². The van der Waals surface area contributed by atoms with Crippen molar-refractivity contribution in [2.75, 3.05) is 0 Å². The Bertz CT molecular complexity index is 1480. The summed E-state index contributed by atoms with van der Waals surface area (Å²) in [5.74, 6) is -0.559. The van der Waals surface area contributed by atoms with E-state index in [1.807, 2.05) is 19.1 Å². The summed E-state index contributed by atoms with van der Waals surface area (Å²) in [6.45, 7) is 1.83. The molecular formula is C26H16N2O2. The van der Waals surface area contributed by atoms with E-state index in [1.165, 1.54) is 26.9 Å². The van der Waals surface area contributed by atoms with Crippen LogP contribution >= 0.6 is 0 Å². The number of hydrogen-bond acceptors (Lipinski definition) is 4. The number of benzene rings is 5. The average molecular weight is 388 g/mol. The number of nitrogens with zero attached hydrogens (tertiary/aromatic N) is 2. The molecule has 0 saturated heterocycles. The van der Waals surface area contributed by atoms with Crippen molar-refractivity contribution in [1.82, 2.24) is 0 Å². The summed E-state index contributed by atoms with van der Waals surface area (Å²) in [5, 5.41) is 20.0. The van der Waals surface area contributed by atoms with Gasteiger partial charge in [0.05, 0.1) is 22.9 Å². The Kier molecular flexibility index (Phi) is 4.15. The zero-order valence-corrected chi connectivity index (χ0v) is 16.2. The van der Waals surface area contributed by atoms with E-state index in [-0.39, 0.29) is 0 Å². The maximum Gasteiger partial charge on any atom is 0.365 e. The molecule has 142 valence electrons. The van der Waals surface area contributed by atoms with Crippen molar-refractivity contribution in [3.05, 3.63) is 95.6 Å². The quantitative estimate of drug-likeness (QED) is 0.164. The smallest absolute Gasteiger partial charge is 0.313 e. The maximum atomic E-state index is 12.3. The summed E-state index contributed by atoms with van der Waals surface area (Å²) in [4.78, 5) is 17.5. The molecule has 4 nitrogen and oxygen atoms in total. The van der Waals surface area contributed by atoms with Gasteiger partial charge in [-0.15, -0.1) is 0 Å². The fraction of sp³-hybridized carbons (Fsp3) is 0.0385. The van der Waals surface area contributed by atoms with Gasteiger partial charge in [-0.3, -0.25) is 0 Å². The summed E-state index contributed by atoms with van der Waals surface area (Å²) in [7, 11) is 0. The molecule has 0 unspecified atom stereocenters. The van der Waals surface area contributed by atoms with Gasteiger partial charge >= 0.3 is 5.97 Å². The third-order valence-corrected chi connectivity index (χ3v) is 5.43. The molecule has 0 aliphatic carbocycles. The molecule has 0 N–H and O–H groups in total. The van der Waals surface area contributed by atoms with Gasteiger partial charge < -0.3 is 4.84 Å². The summed E-state index contributed by atoms with van der Waals surface area (Å²) in [6, 6.07) is 27.2. The van der Waals surface area contributed by atoms with Crippen molar-refractivity contribution in [2.45, 2.75) is 6.92 Å². The lowest BCUT2D eigenvalue weighted by Crippen LogP contribution is -2.04. The molecule has 0 radical (unpaired) electrons. The first-order valence-electron chi connectivity index (χ1n) is 9.59. The Morgan fingerprint density at radius 2 is 1.47 bits per heavy atom. The summed E-state index contributed by atoms with van der Waals surface area (Å²) in [6.07, 6.45) is 0. The van der Waals surface area contributed by atoms with Gasteiger partial charge in [-0.05, 0) is 63.5 Å². The van der Waals surface area contributed by atoms with Crippen LogP contribution in [0.4, 0.5) is 0 Å². The summed E-state index contributed by atoms with van der Waals surface area (Å²) >= 11 is 0. The summed E-state index contributed by atoms with van der Waals surface area (Å²) < 4.78 is 0. The molecule has 0 saturated carbocycles. The second-order valence-corrected chi connectivity index (χ2v) is 7.21. The molecule has 5 rings (SSSR count). The van der Waals surface area contributed by atoms with Crippen molar-refractivity contribution in [3.8, 4) is 6.07 Å². The van der Waals surface area contributed by atoms with Crippen LogP contribution in [0.1, 0.15) is 28.4 Å². The van der Waals surface area contributed by atoms with Crippen LogP contribution in [0, 0.1) is 11.3 Å². The highest BCUT2D eigenvalue weighted by molar-refractivity contribution is 6.26. The third kappa shape index (κ3) is 2.85. The monoisotopic (exact) mass is 388 g/mol. The maximum absolute atomic E-state index is 12.3. The van der Waals surface area contributed by atoms with Gasteiger partial charge in [0.15, 0.2) is 0 Å². The SMILES string of the molecule is C/C(=N\OC(=O)c1ccc(C#N)cc1)c1ccc2ccc3cccc4ccc1c2c34. The molecule has 0 aliphatic heterocycles. The molecule has 0 aliphatic rings. The molecule has 5 aromatic rings. The van der Waals surface area contributed by atoms with E-state index in [1.54, 1.807) is 24.3 Å². The zero-order chi connectivity index (χ0) is 20.7. The van der Waals surface area contributed by atoms with Crippen LogP contribution < -0.4 is 0 Å². The molecule has 30 heavy (non-hydrogen) atoms. The summed E-state index contributed by atoms with van der Waals surface area (Å²) in [5.41, 5.74) is 2.38. The highest BCUT2D eigenvalue weighted by atomic mass is 16.7. The van der Waals surface area contributed by atoms with Crippen LogP contribution in [0.2, 0.25) is 0 Å². The molecule has 0 spiro atoms. The first kappa shape index (κ1) is 17.8. The minimum Gasteiger partial charge on any atom is -0.313 e. The zero-order valence-electron chi connectivity index (χ0n) is 16.2. The molecule has 0 bridgehead atoms. The van der Waals surface area contributed by atoms with E-state index in [0.717, 1.165) is 10.9 Å². The Morgan fingerprint density at radius 3 is 2.17 bits per heavy atom. The van der Waals surface area contributed by atoms with E-state index < -0.39 is 5.97 Å². The standard InChI is InChI=1S/C26H16N2O2/c1-16(28-30-26(29)21-7-5-17(15-27)6-8-21)22-13-11-20-10-9-18-3-2-4-19-12-14-23(22)25(20)24(18)19/h2-14H,1H3/b28-16+. The van der Waals surface area contributed by atoms with Gasteiger partial charge in [-0.2, -0.15) is 5.26 Å². The highest BCUT2D eigenvalue weighted by Crippen LogP contribution is 2.36. The van der Waals surface area contributed by atoms with Crippen LogP contribution in [0.25, 0.3) is 32.3 Å². The highest BCUT2D eigenvalue weighted by Gasteiger charge is 2.13. The molecular weight excluding hydrogens is 372 g/mol. The van der Waals surface area contributed by atoms with Crippen LogP contribution in [0.3, 0.4) is 0 Å². The lowest BCUT2D eigenvalue weighted by atomic mass is 9.91. The third-order valence-electron chi connectivity index (χ3n) is 5.43. The first-order chi connectivity index (χ1) is 14.7. The molecule has 5 aromatic carbocycles. The van der Waals surface area contributed by atoms with E-state index in [2.05, 4.69) is 53.7 Å². The second kappa shape index (κ2) is 6.98. The van der Waals surface area contributed by atoms with Crippen molar-refractivity contribution in [1.29, 1.82) is 5.26 Å². The number of nitriles is 1. The molecule has 0 fully saturated rings. The fourth-order valence-corrected chi connectivity index (χ4v) is 3.94. The number of hydrogen-bond donors (Lipinski definition) is 0. The molecule has 0 amide bonds. The normalized spacial score (nSPS) is 11.8. The van der Waals surface area contributed by atoms with Gasteiger partial charge in [-0.25, -0.2) is 4.79 Å². The predicted molar refractivity (Wildman–Crippen MR) is 119 cm³/mol. The van der Waals surface area contributed by atoms with Crippen molar-refractivity contribution < 1.29 is 9.63 Å². The molecule has 4 heteroatoms. The lowest BCUT2D eigenvalue weighted by Gasteiger charge is -2.13. The van der Waals surface area contributed by atoms with Crippen molar-refractivity contribution >= 4 is 44.0 Å². The Labute approximate surface area is 172 Å². The number of carbonyl (C=O) groups is 1. The molecule has 0 atom stereocenters. The van der Waals surface area contributed by atoms with E-state index in [4.69, 9.17) is 10.1 Å². The fourth-order valence-electron chi connectivity index (χ4n) is 3.94. The van der Waals surface area contributed by atoms with Crippen molar-refractivity contribution in [3.63, 3.8) is 0 Å². The van der Waals surface area contributed by atoms with E-state index >= 15 is 0 Å². The number of oxime groups is 1. The largest absolute Gasteiger partial charge is 0.365 e. The Hall–Kier alpha value is -4.23. The van der Waals surface area contributed by atoms with Gasteiger partial charge in [0.2, 0.25) is 0 Å². The molecule has 0 aromatic heterocycles. The van der Waals surface area contributed by atoms with Crippen LogP contribution in [0.5, 0.6) is 0 Å². The first-order valence-corrected chi connectivity index (χ1v) is 9.59. The van der Waals surface area contributed by atoms with E-state index in [9.17, 15) is 4.79 Å². The van der Waals surface area contributed by atoms with Crippen LogP contribution in [0.15, 0.2) is 84.0 Å². The minimum absolute atomic E-state index is 0.348. The predicted octanol–water partition coefficient (Wildman–Crippen LogP) is 6.04. The lowest BCUT2D eigenvalue weighted by molar-refractivity contribution is 0.0516. The van der Waals surface area contributed by atoms with E-state index in [0.29, 0.717) is 16.8 Å². The van der Waals surface area contributed by atoms with Gasteiger partial charge in [0.25, 0.3) is 0 Å². The number of rotatable bonds is 3. The van der Waals surface area contributed by atoms with Crippen LogP contribution in [-0.2, 0) is 4.84 Å². The topological polar surface area (TPSA) is 62.4 Å². The van der Waals surface area contributed by atoms with Gasteiger partial charge in [0, 0.05) is 5.56 Å².